The van der Waals surface area contributed by atoms with Crippen molar-refractivity contribution in [3.05, 3.63) is 48.6 Å². The molecule has 1 aromatic carbocycles. The quantitative estimate of drug-likeness (QED) is 0.374. The molecule has 1 saturated heterocycles. The Hall–Kier alpha value is -2.35. The third-order valence-electron chi connectivity index (χ3n) is 4.54. The van der Waals surface area contributed by atoms with Gasteiger partial charge in [0.25, 0.3) is 0 Å². The molecule has 2 aliphatic rings. The topological polar surface area (TPSA) is 72.5 Å². The van der Waals surface area contributed by atoms with Crippen molar-refractivity contribution in [3.63, 3.8) is 0 Å². The summed E-state index contributed by atoms with van der Waals surface area (Å²) in [5, 5.41) is 0. The Kier molecular flexibility index (Phi) is 8.10. The van der Waals surface area contributed by atoms with Crippen LogP contribution in [0.2, 0.25) is 0 Å². The van der Waals surface area contributed by atoms with Crippen LogP contribution in [0.1, 0.15) is 26.2 Å². The molecule has 2 heterocycles. The second kappa shape index (κ2) is 11.0. The molecule has 0 saturated carbocycles. The molecule has 4 atom stereocenters. The lowest BCUT2D eigenvalue weighted by Gasteiger charge is -2.34. The van der Waals surface area contributed by atoms with E-state index in [2.05, 4.69) is 0 Å². The van der Waals surface area contributed by atoms with Crippen molar-refractivity contribution in [2.45, 2.75) is 51.0 Å². The van der Waals surface area contributed by atoms with E-state index in [1.165, 1.54) is 6.08 Å². The van der Waals surface area contributed by atoms with Gasteiger partial charge in [0.05, 0.1) is 13.7 Å². The van der Waals surface area contributed by atoms with E-state index in [9.17, 15) is 4.79 Å². The number of esters is 1. The lowest BCUT2D eigenvalue weighted by molar-refractivity contribution is -0.211. The van der Waals surface area contributed by atoms with Crippen molar-refractivity contribution < 1.29 is 33.2 Å². The van der Waals surface area contributed by atoms with Gasteiger partial charge in [-0.2, -0.15) is 0 Å². The third-order valence-corrected chi connectivity index (χ3v) is 4.54. The van der Waals surface area contributed by atoms with Crippen molar-refractivity contribution >= 4 is 5.97 Å². The number of rotatable bonds is 8. The maximum atomic E-state index is 11.7. The molecule has 0 radical (unpaired) electrons. The predicted molar refractivity (Wildman–Crippen MR) is 106 cm³/mol. The molecule has 7 heteroatoms. The number of benzene rings is 1. The summed E-state index contributed by atoms with van der Waals surface area (Å²) in [6.45, 7) is 2.76. The lowest BCUT2D eigenvalue weighted by atomic mass is 10.1. The summed E-state index contributed by atoms with van der Waals surface area (Å²) in [5.74, 6) is 0.961. The summed E-state index contributed by atoms with van der Waals surface area (Å²) in [7, 11) is 1.61. The van der Waals surface area contributed by atoms with E-state index in [0.717, 1.165) is 25.0 Å². The van der Waals surface area contributed by atoms with Gasteiger partial charge < -0.3 is 28.4 Å². The molecule has 2 aliphatic heterocycles. The number of carbonyl (C=O) groups is 1. The molecule has 1 unspecified atom stereocenters. The highest BCUT2D eigenvalue weighted by Crippen LogP contribution is 2.25. The first kappa shape index (κ1) is 21.4. The van der Waals surface area contributed by atoms with Crippen LogP contribution in [0.25, 0.3) is 0 Å². The van der Waals surface area contributed by atoms with E-state index in [-0.39, 0.29) is 12.4 Å². The first-order valence-corrected chi connectivity index (χ1v) is 9.94. The van der Waals surface area contributed by atoms with E-state index < -0.39 is 18.4 Å². The van der Waals surface area contributed by atoms with Crippen LogP contribution >= 0.6 is 0 Å². The Morgan fingerprint density at radius 2 is 1.97 bits per heavy atom. The van der Waals surface area contributed by atoms with Gasteiger partial charge in [0.1, 0.15) is 23.7 Å². The summed E-state index contributed by atoms with van der Waals surface area (Å²) in [5.41, 5.74) is 0. The molecule has 0 N–H and O–H groups in total. The monoisotopic (exact) mass is 404 g/mol. The predicted octanol–water partition coefficient (Wildman–Crippen LogP) is 3.39. The van der Waals surface area contributed by atoms with Gasteiger partial charge >= 0.3 is 5.97 Å². The van der Waals surface area contributed by atoms with E-state index in [0.29, 0.717) is 19.0 Å². The van der Waals surface area contributed by atoms with Crippen LogP contribution in [0.3, 0.4) is 0 Å². The molecule has 0 aromatic heterocycles. The van der Waals surface area contributed by atoms with Gasteiger partial charge in [0, 0.05) is 12.7 Å². The number of carbonyl (C=O) groups excluding carboxylic acids is 1. The number of hydrogen-bond donors (Lipinski definition) is 0. The van der Waals surface area contributed by atoms with E-state index in [1.807, 2.05) is 18.2 Å². The van der Waals surface area contributed by atoms with Crippen LogP contribution in [-0.4, -0.2) is 51.1 Å². The Bertz CT molecular complexity index is 692. The first-order chi connectivity index (χ1) is 14.2. The Labute approximate surface area is 171 Å². The lowest BCUT2D eigenvalue weighted by Crippen LogP contribution is -2.41. The zero-order valence-electron chi connectivity index (χ0n) is 16.8. The minimum atomic E-state index is -0.618. The molecular formula is C22H28O7. The largest absolute Gasteiger partial charge is 0.497 e. The van der Waals surface area contributed by atoms with Crippen molar-refractivity contribution in [3.8, 4) is 11.5 Å². The highest BCUT2D eigenvalue weighted by Gasteiger charge is 2.30. The van der Waals surface area contributed by atoms with Crippen molar-refractivity contribution in [1.29, 1.82) is 0 Å². The van der Waals surface area contributed by atoms with Crippen molar-refractivity contribution in [2.75, 3.05) is 20.3 Å². The van der Waals surface area contributed by atoms with Crippen LogP contribution < -0.4 is 9.47 Å². The minimum Gasteiger partial charge on any atom is -0.497 e. The molecule has 1 fully saturated rings. The maximum Gasteiger partial charge on any atom is 0.330 e. The van der Waals surface area contributed by atoms with Gasteiger partial charge in [0.2, 0.25) is 6.29 Å². The van der Waals surface area contributed by atoms with Crippen LogP contribution in [0.4, 0.5) is 0 Å². The minimum absolute atomic E-state index is 0.278. The van der Waals surface area contributed by atoms with Crippen LogP contribution in [0.5, 0.6) is 11.5 Å². The van der Waals surface area contributed by atoms with Crippen molar-refractivity contribution in [1.82, 2.24) is 0 Å². The Balaban J connectivity index is 1.67. The molecule has 29 heavy (non-hydrogen) atoms. The maximum absolute atomic E-state index is 11.7. The smallest absolute Gasteiger partial charge is 0.330 e. The van der Waals surface area contributed by atoms with Gasteiger partial charge in [-0.3, -0.25) is 0 Å². The Morgan fingerprint density at radius 1 is 1.17 bits per heavy atom. The second-order valence-electron chi connectivity index (χ2n) is 6.66. The molecule has 7 nitrogen and oxygen atoms in total. The number of ether oxygens (including phenoxy) is 6. The first-order valence-electron chi connectivity index (χ1n) is 9.94. The average molecular weight is 404 g/mol. The van der Waals surface area contributed by atoms with Gasteiger partial charge in [0.15, 0.2) is 6.29 Å². The van der Waals surface area contributed by atoms with E-state index in [4.69, 9.17) is 28.4 Å². The van der Waals surface area contributed by atoms with Crippen LogP contribution in [-0.2, 0) is 23.7 Å². The zero-order chi connectivity index (χ0) is 20.5. The molecule has 3 rings (SSSR count). The summed E-state index contributed by atoms with van der Waals surface area (Å²) in [4.78, 5) is 11.7. The average Bonchev–Trinajstić information content (AvgIpc) is 2.75. The van der Waals surface area contributed by atoms with E-state index in [1.54, 1.807) is 38.3 Å². The molecule has 0 amide bonds. The van der Waals surface area contributed by atoms with Gasteiger partial charge in [-0.25, -0.2) is 4.79 Å². The fourth-order valence-electron chi connectivity index (χ4n) is 3.08. The summed E-state index contributed by atoms with van der Waals surface area (Å²) < 4.78 is 33.7. The molecule has 0 spiro atoms. The fraction of sp³-hybridized carbons (Fsp3) is 0.500. The van der Waals surface area contributed by atoms with E-state index >= 15 is 0 Å². The fourth-order valence-corrected chi connectivity index (χ4v) is 3.08. The second-order valence-corrected chi connectivity index (χ2v) is 6.66. The summed E-state index contributed by atoms with van der Waals surface area (Å²) in [6.07, 6.45) is 7.82. The molecule has 0 bridgehead atoms. The van der Waals surface area contributed by atoms with Crippen LogP contribution in [0.15, 0.2) is 48.6 Å². The zero-order valence-corrected chi connectivity index (χ0v) is 16.8. The normalized spacial score (nSPS) is 27.0. The molecule has 1 aromatic rings. The molecule has 0 aliphatic carbocycles. The molecular weight excluding hydrogens is 376 g/mol. The highest BCUT2D eigenvalue weighted by atomic mass is 16.7. The van der Waals surface area contributed by atoms with Gasteiger partial charge in [-0.05, 0) is 62.6 Å². The van der Waals surface area contributed by atoms with Gasteiger partial charge in [-0.15, -0.1) is 0 Å². The van der Waals surface area contributed by atoms with Crippen LogP contribution in [0, 0.1) is 0 Å². The van der Waals surface area contributed by atoms with Gasteiger partial charge in [-0.1, -0.05) is 6.08 Å². The molecule has 158 valence electrons. The SMILES string of the molecule is CCOC(=O)/C=C/[C@H]1O[C@H](Oc2ccc(OC)cc2)C=C[C@@H]1OC1CCCCO1. The number of methoxy groups -OCH3 is 1. The highest BCUT2D eigenvalue weighted by molar-refractivity contribution is 5.82. The summed E-state index contributed by atoms with van der Waals surface area (Å²) >= 11 is 0. The summed E-state index contributed by atoms with van der Waals surface area (Å²) in [6, 6.07) is 7.23. The third kappa shape index (κ3) is 6.59. The standard InChI is InChI=1S/C22H28O7/c1-3-25-20(23)13-11-18-19(28-21-6-4-5-15-26-21)12-14-22(29-18)27-17-9-7-16(24-2)8-10-17/h7-14,18-19,21-22H,3-6,15H2,1-2H3/b13-11+/t18-,19+,21?,22+/m1/s1. The van der Waals surface area contributed by atoms with Crippen molar-refractivity contribution in [2.24, 2.45) is 0 Å². The Morgan fingerprint density at radius 3 is 2.66 bits per heavy atom. The number of hydrogen-bond acceptors (Lipinski definition) is 7.